The van der Waals surface area contributed by atoms with Crippen molar-refractivity contribution < 1.29 is 62.2 Å². The van der Waals surface area contributed by atoms with E-state index in [0.29, 0.717) is 12.8 Å². The normalized spacial score (nSPS) is 14.1. The summed E-state index contributed by atoms with van der Waals surface area (Å²) in [4.78, 5) is 11.4. The zero-order chi connectivity index (χ0) is 26.1. The van der Waals surface area contributed by atoms with Crippen LogP contribution in [-0.4, -0.2) is 48.6 Å². The molecule has 0 rings (SSSR count). The molecule has 0 saturated carbocycles. The maximum absolute atomic E-state index is 13.5. The minimum atomic E-state index is -7.62. The van der Waals surface area contributed by atoms with Gasteiger partial charge in [0.25, 0.3) is 0 Å². The Morgan fingerprint density at radius 3 is 1.52 bits per heavy atom. The van der Waals surface area contributed by atoms with E-state index in [4.69, 9.17) is 0 Å². The van der Waals surface area contributed by atoms with Gasteiger partial charge in [0, 0.05) is 6.42 Å². The van der Waals surface area contributed by atoms with Crippen molar-refractivity contribution in [1.29, 1.82) is 0 Å². The lowest BCUT2D eigenvalue weighted by atomic mass is 9.94. The molecule has 0 N–H and O–H groups in total. The molecule has 0 amide bonds. The van der Waals surface area contributed by atoms with Gasteiger partial charge in [0.2, 0.25) is 0 Å². The van der Waals surface area contributed by atoms with Crippen molar-refractivity contribution in [3.63, 3.8) is 0 Å². The van der Waals surface area contributed by atoms with Crippen molar-refractivity contribution in [3.05, 3.63) is 0 Å². The molecule has 14 heteroatoms. The SMILES string of the molecule is CCCCCCCCCCCC(=O)OCC(F)(F)C(F)(F)C(F)(F)C(F)(F)C(F)(F)C(F)F. The monoisotopic (exact) mass is 514 g/mol. The Morgan fingerprint density at radius 1 is 0.667 bits per heavy atom. The van der Waals surface area contributed by atoms with Crippen LogP contribution in [0.1, 0.15) is 71.1 Å². The van der Waals surface area contributed by atoms with Crippen LogP contribution < -0.4 is 0 Å². The van der Waals surface area contributed by atoms with E-state index in [9.17, 15) is 57.5 Å². The first-order valence-corrected chi connectivity index (χ1v) is 10.2. The molecule has 0 heterocycles. The van der Waals surface area contributed by atoms with Crippen LogP contribution in [0.4, 0.5) is 52.7 Å². The van der Waals surface area contributed by atoms with E-state index in [0.717, 1.165) is 38.5 Å². The lowest BCUT2D eigenvalue weighted by Crippen LogP contribution is -2.69. The molecule has 0 aromatic carbocycles. The number of ether oxygens (including phenoxy) is 1. The smallest absolute Gasteiger partial charge is 0.384 e. The number of hydrogen-bond acceptors (Lipinski definition) is 2. The Morgan fingerprint density at radius 2 is 1.09 bits per heavy atom. The van der Waals surface area contributed by atoms with E-state index < -0.39 is 55.0 Å². The number of esters is 1. The first-order valence-electron chi connectivity index (χ1n) is 10.2. The number of carbonyl (C=O) groups excluding carboxylic acids is 1. The van der Waals surface area contributed by atoms with Gasteiger partial charge in [0.1, 0.15) is 0 Å². The first-order chi connectivity index (χ1) is 14.9. The minimum absolute atomic E-state index is 0.0740. The summed E-state index contributed by atoms with van der Waals surface area (Å²) < 4.78 is 160. The fourth-order valence-electron chi connectivity index (χ4n) is 2.69. The van der Waals surface area contributed by atoms with Crippen LogP contribution in [0.15, 0.2) is 0 Å². The van der Waals surface area contributed by atoms with Gasteiger partial charge >= 0.3 is 42.0 Å². The third-order valence-electron chi connectivity index (χ3n) is 4.84. The van der Waals surface area contributed by atoms with Crippen molar-refractivity contribution in [2.45, 2.75) is 107 Å². The first kappa shape index (κ1) is 31.6. The summed E-state index contributed by atoms with van der Waals surface area (Å²) in [6.45, 7) is -0.801. The van der Waals surface area contributed by atoms with Gasteiger partial charge in [-0.3, -0.25) is 4.79 Å². The Bertz CT molecular complexity index is 593. The highest BCUT2D eigenvalue weighted by molar-refractivity contribution is 5.69. The number of unbranched alkanes of at least 4 members (excludes halogenated alkanes) is 8. The summed E-state index contributed by atoms with van der Waals surface area (Å²) in [7, 11) is 0. The second kappa shape index (κ2) is 12.4. The van der Waals surface area contributed by atoms with E-state index in [1.807, 2.05) is 6.92 Å². The largest absolute Gasteiger partial charge is 0.459 e. The number of hydrogen-bond donors (Lipinski definition) is 0. The molecule has 33 heavy (non-hydrogen) atoms. The van der Waals surface area contributed by atoms with Crippen LogP contribution in [0.25, 0.3) is 0 Å². The summed E-state index contributed by atoms with van der Waals surface area (Å²) in [6, 6.07) is 0. The molecule has 0 bridgehead atoms. The Hall–Kier alpha value is -1.37. The molecule has 2 nitrogen and oxygen atoms in total. The van der Waals surface area contributed by atoms with Gasteiger partial charge < -0.3 is 4.74 Å². The molecule has 0 atom stereocenters. The lowest BCUT2D eigenvalue weighted by molar-refractivity contribution is -0.414. The fraction of sp³-hybridized carbons (Fsp3) is 0.947. The second-order valence-electron chi connectivity index (χ2n) is 7.59. The topological polar surface area (TPSA) is 26.3 Å². The van der Waals surface area contributed by atoms with Crippen molar-refractivity contribution in [2.24, 2.45) is 0 Å². The van der Waals surface area contributed by atoms with Crippen LogP contribution in [0.2, 0.25) is 0 Å². The summed E-state index contributed by atoms with van der Waals surface area (Å²) >= 11 is 0. The maximum Gasteiger partial charge on any atom is 0.384 e. The Balaban J connectivity index is 4.81. The van der Waals surface area contributed by atoms with Gasteiger partial charge in [-0.1, -0.05) is 58.3 Å². The maximum atomic E-state index is 13.5. The van der Waals surface area contributed by atoms with Gasteiger partial charge in [0.05, 0.1) is 0 Å². The number of carbonyl (C=O) groups is 1. The zero-order valence-corrected chi connectivity index (χ0v) is 17.7. The average Bonchev–Trinajstić information content (AvgIpc) is 2.70. The van der Waals surface area contributed by atoms with E-state index in [-0.39, 0.29) is 6.42 Å². The molecule has 0 aromatic heterocycles. The Labute approximate surface area is 183 Å². The standard InChI is InChI=1S/C19H26F12O2/c1-2-3-4-5-6-7-8-9-10-11-13(32)33-12-15(22,23)17(26,27)19(30,31)18(28,29)16(24,25)14(20)21/h14H,2-12H2,1H3. The van der Waals surface area contributed by atoms with Gasteiger partial charge in [-0.15, -0.1) is 0 Å². The van der Waals surface area contributed by atoms with Crippen LogP contribution in [0.5, 0.6) is 0 Å². The average molecular weight is 514 g/mol. The third kappa shape index (κ3) is 7.56. The van der Waals surface area contributed by atoms with E-state index in [2.05, 4.69) is 4.74 Å². The summed E-state index contributed by atoms with van der Waals surface area (Å²) in [5.41, 5.74) is 0. The fourth-order valence-corrected chi connectivity index (χ4v) is 2.69. The summed E-state index contributed by atoms with van der Waals surface area (Å²) in [5, 5.41) is 0. The van der Waals surface area contributed by atoms with Gasteiger partial charge in [0.15, 0.2) is 6.61 Å². The zero-order valence-electron chi connectivity index (χ0n) is 17.7. The van der Waals surface area contributed by atoms with E-state index in [1.165, 1.54) is 0 Å². The summed E-state index contributed by atoms with van der Waals surface area (Å²) in [6.07, 6.45) is 0.997. The number of alkyl halides is 12. The van der Waals surface area contributed by atoms with Gasteiger partial charge in [-0.2, -0.15) is 43.9 Å². The van der Waals surface area contributed by atoms with Crippen LogP contribution in [0.3, 0.4) is 0 Å². The van der Waals surface area contributed by atoms with Gasteiger partial charge in [-0.05, 0) is 6.42 Å². The highest BCUT2D eigenvalue weighted by Crippen LogP contribution is 2.58. The number of rotatable bonds is 17. The molecular weight excluding hydrogens is 488 g/mol. The highest BCUT2D eigenvalue weighted by Gasteiger charge is 2.87. The van der Waals surface area contributed by atoms with Crippen LogP contribution in [-0.2, 0) is 9.53 Å². The molecule has 0 spiro atoms. The molecule has 0 unspecified atom stereocenters. The molecule has 0 fully saturated rings. The predicted molar refractivity (Wildman–Crippen MR) is 93.5 cm³/mol. The molecule has 0 aliphatic carbocycles. The highest BCUT2D eigenvalue weighted by atomic mass is 19.4. The third-order valence-corrected chi connectivity index (χ3v) is 4.84. The lowest BCUT2D eigenvalue weighted by Gasteiger charge is -2.38. The molecule has 0 radical (unpaired) electrons. The van der Waals surface area contributed by atoms with Crippen molar-refractivity contribution in [1.82, 2.24) is 0 Å². The number of halogens is 12. The van der Waals surface area contributed by atoms with Crippen molar-refractivity contribution >= 4 is 5.97 Å². The van der Waals surface area contributed by atoms with Crippen LogP contribution >= 0.6 is 0 Å². The quantitative estimate of drug-likeness (QED) is 0.112. The van der Waals surface area contributed by atoms with Crippen molar-refractivity contribution in [2.75, 3.05) is 6.61 Å². The van der Waals surface area contributed by atoms with E-state index in [1.54, 1.807) is 0 Å². The molecule has 0 aliphatic rings. The molecule has 0 saturated heterocycles. The van der Waals surface area contributed by atoms with Crippen LogP contribution in [0, 0.1) is 0 Å². The van der Waals surface area contributed by atoms with Gasteiger partial charge in [-0.25, -0.2) is 8.78 Å². The minimum Gasteiger partial charge on any atom is -0.459 e. The molecule has 198 valence electrons. The summed E-state index contributed by atoms with van der Waals surface area (Å²) in [5.74, 6) is -37.3. The Kier molecular flexibility index (Phi) is 11.9. The molecule has 0 aromatic rings. The van der Waals surface area contributed by atoms with Crippen molar-refractivity contribution in [3.8, 4) is 0 Å². The van der Waals surface area contributed by atoms with E-state index >= 15 is 0 Å². The second-order valence-corrected chi connectivity index (χ2v) is 7.59. The predicted octanol–water partition coefficient (Wildman–Crippen LogP) is 7.89. The molecular formula is C19H26F12O2. The molecule has 0 aliphatic heterocycles.